The molecule has 2 rings (SSSR count). The number of nitrogens with zero attached hydrogens (tertiary/aromatic N) is 1. The summed E-state index contributed by atoms with van der Waals surface area (Å²) in [4.78, 5) is 16.1. The number of amides is 1. The van der Waals surface area contributed by atoms with Gasteiger partial charge in [0, 0.05) is 18.2 Å². The summed E-state index contributed by atoms with van der Waals surface area (Å²) in [5, 5.41) is 6.06. The van der Waals surface area contributed by atoms with Crippen LogP contribution in [0.15, 0.2) is 29.3 Å². The Morgan fingerprint density at radius 3 is 2.86 bits per heavy atom. The summed E-state index contributed by atoms with van der Waals surface area (Å²) in [7, 11) is 0. The van der Waals surface area contributed by atoms with Gasteiger partial charge in [-0.1, -0.05) is 26.0 Å². The highest BCUT2D eigenvalue weighted by Gasteiger charge is 2.21. The molecule has 1 aromatic rings. The van der Waals surface area contributed by atoms with Crippen molar-refractivity contribution in [1.82, 2.24) is 5.32 Å². The van der Waals surface area contributed by atoms with Crippen molar-refractivity contribution in [2.75, 3.05) is 5.32 Å². The first-order valence-corrected chi connectivity index (χ1v) is 7.48. The molecule has 0 spiro atoms. The zero-order chi connectivity index (χ0) is 15.2. The molecule has 1 aromatic carbocycles. The van der Waals surface area contributed by atoms with E-state index in [9.17, 15) is 4.79 Å². The van der Waals surface area contributed by atoms with E-state index in [1.165, 1.54) is 12.8 Å². The monoisotopic (exact) mass is 288 g/mol. The maximum absolute atomic E-state index is 11.8. The Bertz CT molecular complexity index is 521. The molecule has 0 radical (unpaired) electrons. The van der Waals surface area contributed by atoms with Crippen molar-refractivity contribution in [2.45, 2.75) is 45.7 Å². The zero-order valence-electron chi connectivity index (χ0n) is 12.7. The molecular formula is C16H24N4O. The van der Waals surface area contributed by atoms with Crippen molar-refractivity contribution in [3.8, 4) is 0 Å². The number of guanidine groups is 1. The number of nitrogens with two attached hydrogens (primary N) is 1. The first kappa shape index (κ1) is 15.4. The average Bonchev–Trinajstić information content (AvgIpc) is 3.19. The Morgan fingerprint density at radius 1 is 1.43 bits per heavy atom. The lowest BCUT2D eigenvalue weighted by atomic mass is 10.1. The SMILES string of the molecule is CC(C)CC(=O)Nc1cccc(CN=C(N)NC2CC2)c1. The standard InChI is InChI=1S/C16H24N4O/c1-11(2)8-15(21)19-14-5-3-4-12(9-14)10-18-16(17)20-13-6-7-13/h3-5,9,11,13H,6-8,10H2,1-2H3,(H,19,21)(H3,17,18,20). The van der Waals surface area contributed by atoms with E-state index >= 15 is 0 Å². The number of anilines is 1. The lowest BCUT2D eigenvalue weighted by molar-refractivity contribution is -0.116. The predicted molar refractivity (Wildman–Crippen MR) is 86.0 cm³/mol. The summed E-state index contributed by atoms with van der Waals surface area (Å²) in [6.45, 7) is 4.57. The molecule has 5 nitrogen and oxygen atoms in total. The van der Waals surface area contributed by atoms with E-state index in [-0.39, 0.29) is 5.91 Å². The van der Waals surface area contributed by atoms with E-state index in [0.29, 0.717) is 30.9 Å². The van der Waals surface area contributed by atoms with Gasteiger partial charge in [-0.25, -0.2) is 4.99 Å². The summed E-state index contributed by atoms with van der Waals surface area (Å²) >= 11 is 0. The molecule has 1 amide bonds. The zero-order valence-corrected chi connectivity index (χ0v) is 12.7. The molecule has 0 saturated heterocycles. The molecule has 0 bridgehead atoms. The maximum Gasteiger partial charge on any atom is 0.224 e. The highest BCUT2D eigenvalue weighted by atomic mass is 16.1. The number of nitrogens with one attached hydrogen (secondary N) is 2. The third-order valence-electron chi connectivity index (χ3n) is 3.17. The normalized spacial score (nSPS) is 15.1. The summed E-state index contributed by atoms with van der Waals surface area (Å²) in [5.74, 6) is 0.887. The molecule has 0 atom stereocenters. The number of hydrogen-bond donors (Lipinski definition) is 3. The van der Waals surface area contributed by atoms with Gasteiger partial charge in [0.2, 0.25) is 5.91 Å². The van der Waals surface area contributed by atoms with Crippen molar-refractivity contribution in [1.29, 1.82) is 0 Å². The van der Waals surface area contributed by atoms with Gasteiger partial charge < -0.3 is 16.4 Å². The Labute approximate surface area is 126 Å². The third-order valence-corrected chi connectivity index (χ3v) is 3.17. The molecule has 114 valence electrons. The van der Waals surface area contributed by atoms with Crippen LogP contribution < -0.4 is 16.4 Å². The van der Waals surface area contributed by atoms with Crippen LogP contribution in [0, 0.1) is 5.92 Å². The number of carbonyl (C=O) groups excluding carboxylic acids is 1. The quantitative estimate of drug-likeness (QED) is 0.555. The Morgan fingerprint density at radius 2 is 2.19 bits per heavy atom. The van der Waals surface area contributed by atoms with Crippen LogP contribution in [0.4, 0.5) is 5.69 Å². The first-order chi connectivity index (χ1) is 10.0. The van der Waals surface area contributed by atoms with E-state index in [2.05, 4.69) is 15.6 Å². The van der Waals surface area contributed by atoms with Crippen LogP contribution >= 0.6 is 0 Å². The summed E-state index contributed by atoms with van der Waals surface area (Å²) in [6.07, 6.45) is 2.88. The highest BCUT2D eigenvalue weighted by Crippen LogP contribution is 2.18. The fraction of sp³-hybridized carbons (Fsp3) is 0.500. The van der Waals surface area contributed by atoms with E-state index < -0.39 is 0 Å². The van der Waals surface area contributed by atoms with Crippen LogP contribution in [0.3, 0.4) is 0 Å². The lowest BCUT2D eigenvalue weighted by Gasteiger charge is -2.08. The molecule has 1 aliphatic rings. The first-order valence-electron chi connectivity index (χ1n) is 7.48. The van der Waals surface area contributed by atoms with E-state index in [4.69, 9.17) is 5.73 Å². The van der Waals surface area contributed by atoms with Gasteiger partial charge in [0.25, 0.3) is 0 Å². The lowest BCUT2D eigenvalue weighted by Crippen LogP contribution is -2.33. The van der Waals surface area contributed by atoms with Gasteiger partial charge in [-0.15, -0.1) is 0 Å². The second-order valence-electron chi connectivity index (χ2n) is 5.97. The molecular weight excluding hydrogens is 264 g/mol. The molecule has 0 heterocycles. The Balaban J connectivity index is 1.89. The second kappa shape index (κ2) is 7.11. The minimum Gasteiger partial charge on any atom is -0.370 e. The van der Waals surface area contributed by atoms with Crippen LogP contribution in [0.25, 0.3) is 0 Å². The van der Waals surface area contributed by atoms with Crippen LogP contribution in [0.5, 0.6) is 0 Å². The number of benzene rings is 1. The molecule has 1 aliphatic carbocycles. The number of rotatable bonds is 6. The van der Waals surface area contributed by atoms with E-state index in [1.807, 2.05) is 38.1 Å². The maximum atomic E-state index is 11.8. The molecule has 1 fully saturated rings. The van der Waals surface area contributed by atoms with Gasteiger partial charge in [-0.05, 0) is 36.5 Å². The van der Waals surface area contributed by atoms with Crippen LogP contribution in [-0.2, 0) is 11.3 Å². The van der Waals surface area contributed by atoms with E-state index in [1.54, 1.807) is 0 Å². The van der Waals surface area contributed by atoms with Gasteiger partial charge in [0.05, 0.1) is 6.54 Å². The highest BCUT2D eigenvalue weighted by molar-refractivity contribution is 5.90. The van der Waals surface area contributed by atoms with Crippen molar-refractivity contribution >= 4 is 17.6 Å². The van der Waals surface area contributed by atoms with Crippen molar-refractivity contribution < 1.29 is 4.79 Å². The molecule has 1 saturated carbocycles. The van der Waals surface area contributed by atoms with Gasteiger partial charge >= 0.3 is 0 Å². The number of hydrogen-bond acceptors (Lipinski definition) is 2. The average molecular weight is 288 g/mol. The van der Waals surface area contributed by atoms with Crippen LogP contribution in [0.2, 0.25) is 0 Å². The predicted octanol–water partition coefficient (Wildman–Crippen LogP) is 2.24. The van der Waals surface area contributed by atoms with Crippen molar-refractivity contribution in [3.63, 3.8) is 0 Å². The third kappa shape index (κ3) is 5.85. The minimum absolute atomic E-state index is 0.0422. The summed E-state index contributed by atoms with van der Waals surface area (Å²) in [5.41, 5.74) is 7.64. The molecule has 5 heteroatoms. The molecule has 4 N–H and O–H groups in total. The van der Waals surface area contributed by atoms with Gasteiger partial charge in [0.15, 0.2) is 5.96 Å². The van der Waals surface area contributed by atoms with Crippen LogP contribution in [-0.4, -0.2) is 17.9 Å². The minimum atomic E-state index is 0.0422. The Kier molecular flexibility index (Phi) is 5.20. The van der Waals surface area contributed by atoms with Crippen LogP contribution in [0.1, 0.15) is 38.7 Å². The van der Waals surface area contributed by atoms with Gasteiger partial charge in [-0.2, -0.15) is 0 Å². The summed E-state index contributed by atoms with van der Waals surface area (Å²) in [6, 6.07) is 8.23. The molecule has 21 heavy (non-hydrogen) atoms. The molecule has 0 unspecified atom stereocenters. The fourth-order valence-electron chi connectivity index (χ4n) is 1.99. The topological polar surface area (TPSA) is 79.5 Å². The van der Waals surface area contributed by atoms with Gasteiger partial charge in [0.1, 0.15) is 0 Å². The fourth-order valence-corrected chi connectivity index (χ4v) is 1.99. The Hall–Kier alpha value is -2.04. The van der Waals surface area contributed by atoms with Crippen molar-refractivity contribution in [2.24, 2.45) is 16.6 Å². The molecule has 0 aliphatic heterocycles. The van der Waals surface area contributed by atoms with E-state index in [0.717, 1.165) is 11.3 Å². The largest absolute Gasteiger partial charge is 0.370 e. The van der Waals surface area contributed by atoms with Crippen molar-refractivity contribution in [3.05, 3.63) is 29.8 Å². The number of carbonyl (C=O) groups is 1. The smallest absolute Gasteiger partial charge is 0.224 e. The number of aliphatic imine (C=N–C) groups is 1. The molecule has 0 aromatic heterocycles. The summed E-state index contributed by atoms with van der Waals surface area (Å²) < 4.78 is 0. The van der Waals surface area contributed by atoms with Gasteiger partial charge in [-0.3, -0.25) is 4.79 Å². The second-order valence-corrected chi connectivity index (χ2v) is 5.97.